The number of nitrogens with two attached hydrogens (primary N) is 1. The van der Waals surface area contributed by atoms with E-state index in [-0.39, 0.29) is 18.1 Å². The molecule has 6 nitrogen and oxygen atoms in total. The molecule has 2 unspecified atom stereocenters. The van der Waals surface area contributed by atoms with E-state index in [0.29, 0.717) is 25.3 Å². The van der Waals surface area contributed by atoms with Crippen LogP contribution >= 0.6 is 0 Å². The number of rotatable bonds is 2. The van der Waals surface area contributed by atoms with Crippen LogP contribution in [0.25, 0.3) is 0 Å². The van der Waals surface area contributed by atoms with Crippen LogP contribution in [0.5, 0.6) is 0 Å². The van der Waals surface area contributed by atoms with Gasteiger partial charge in [-0.3, -0.25) is 9.48 Å². The highest BCUT2D eigenvalue weighted by molar-refractivity contribution is 5.96. The van der Waals surface area contributed by atoms with E-state index in [4.69, 9.17) is 10.5 Å². The number of ether oxygens (including phenoxy) is 1. The summed E-state index contributed by atoms with van der Waals surface area (Å²) in [6.45, 7) is 7.29. The summed E-state index contributed by atoms with van der Waals surface area (Å²) in [4.78, 5) is 14.5. The van der Waals surface area contributed by atoms with E-state index in [2.05, 4.69) is 5.10 Å². The first-order valence-electron chi connectivity index (χ1n) is 6.58. The second kappa shape index (κ2) is 5.30. The van der Waals surface area contributed by atoms with Crippen molar-refractivity contribution >= 4 is 5.91 Å². The van der Waals surface area contributed by atoms with Crippen LogP contribution in [0.3, 0.4) is 0 Å². The molecular weight excluding hydrogens is 244 g/mol. The molecule has 2 rings (SSSR count). The second-order valence-corrected chi connectivity index (χ2v) is 5.17. The van der Waals surface area contributed by atoms with Crippen molar-refractivity contribution in [1.82, 2.24) is 14.7 Å². The van der Waals surface area contributed by atoms with E-state index in [9.17, 15) is 4.79 Å². The average Bonchev–Trinajstić information content (AvgIpc) is 2.63. The highest BCUT2D eigenvalue weighted by Gasteiger charge is 2.32. The SMILES string of the molecule is Cc1nn(C)c(C)c1C(=O)N1CC(CN)OCC1C. The van der Waals surface area contributed by atoms with Gasteiger partial charge in [0.2, 0.25) is 0 Å². The monoisotopic (exact) mass is 266 g/mol. The number of aromatic nitrogens is 2. The number of hydrogen-bond acceptors (Lipinski definition) is 4. The molecule has 1 aromatic rings. The number of amides is 1. The zero-order valence-electron chi connectivity index (χ0n) is 12.0. The van der Waals surface area contributed by atoms with Crippen molar-refractivity contribution in [3.63, 3.8) is 0 Å². The molecule has 1 aromatic heterocycles. The van der Waals surface area contributed by atoms with Gasteiger partial charge in [0.05, 0.1) is 30.0 Å². The van der Waals surface area contributed by atoms with Gasteiger partial charge in [0.1, 0.15) is 0 Å². The Kier molecular flexibility index (Phi) is 3.91. The average molecular weight is 266 g/mol. The minimum absolute atomic E-state index is 0.0253. The lowest BCUT2D eigenvalue weighted by Crippen LogP contribution is -2.53. The van der Waals surface area contributed by atoms with Crippen LogP contribution < -0.4 is 5.73 Å². The van der Waals surface area contributed by atoms with Gasteiger partial charge in [-0.05, 0) is 20.8 Å². The van der Waals surface area contributed by atoms with E-state index in [1.54, 1.807) is 4.68 Å². The van der Waals surface area contributed by atoms with Gasteiger partial charge in [-0.2, -0.15) is 5.10 Å². The predicted molar refractivity (Wildman–Crippen MR) is 72.0 cm³/mol. The first-order chi connectivity index (χ1) is 8.95. The Morgan fingerprint density at radius 2 is 2.21 bits per heavy atom. The van der Waals surface area contributed by atoms with Crippen LogP contribution in [0.15, 0.2) is 0 Å². The molecule has 106 valence electrons. The van der Waals surface area contributed by atoms with Crippen molar-refractivity contribution in [1.29, 1.82) is 0 Å². The summed E-state index contributed by atoms with van der Waals surface area (Å²) in [6, 6.07) is 0.0642. The molecule has 1 aliphatic heterocycles. The van der Waals surface area contributed by atoms with Crippen molar-refractivity contribution in [2.24, 2.45) is 12.8 Å². The Morgan fingerprint density at radius 1 is 1.53 bits per heavy atom. The van der Waals surface area contributed by atoms with Gasteiger partial charge >= 0.3 is 0 Å². The molecule has 6 heteroatoms. The predicted octanol–water partition coefficient (Wildman–Crippen LogP) is 0.225. The smallest absolute Gasteiger partial charge is 0.258 e. The zero-order valence-corrected chi connectivity index (χ0v) is 12.0. The van der Waals surface area contributed by atoms with Crippen molar-refractivity contribution in [2.45, 2.75) is 32.9 Å². The van der Waals surface area contributed by atoms with Gasteiger partial charge in [0.25, 0.3) is 5.91 Å². The van der Waals surface area contributed by atoms with Crippen LogP contribution in [0, 0.1) is 13.8 Å². The summed E-state index contributed by atoms with van der Waals surface area (Å²) in [5.41, 5.74) is 8.00. The van der Waals surface area contributed by atoms with Crippen molar-refractivity contribution < 1.29 is 9.53 Å². The molecular formula is C13H22N4O2. The topological polar surface area (TPSA) is 73.4 Å². The Morgan fingerprint density at radius 3 is 2.74 bits per heavy atom. The normalized spacial score (nSPS) is 23.7. The minimum atomic E-state index is -0.0718. The lowest BCUT2D eigenvalue weighted by molar-refractivity contribution is -0.0426. The number of aryl methyl sites for hydroxylation is 2. The Balaban J connectivity index is 2.27. The first kappa shape index (κ1) is 14.0. The summed E-state index contributed by atoms with van der Waals surface area (Å²) >= 11 is 0. The quantitative estimate of drug-likeness (QED) is 0.831. The van der Waals surface area contributed by atoms with Crippen LogP contribution in [0.2, 0.25) is 0 Å². The highest BCUT2D eigenvalue weighted by atomic mass is 16.5. The van der Waals surface area contributed by atoms with Gasteiger partial charge in [-0.1, -0.05) is 0 Å². The molecule has 2 heterocycles. The highest BCUT2D eigenvalue weighted by Crippen LogP contribution is 2.19. The summed E-state index contributed by atoms with van der Waals surface area (Å²) in [6.07, 6.45) is -0.0718. The summed E-state index contributed by atoms with van der Waals surface area (Å²) in [5, 5.41) is 4.30. The molecule has 0 radical (unpaired) electrons. The molecule has 1 saturated heterocycles. The van der Waals surface area contributed by atoms with E-state index < -0.39 is 0 Å². The van der Waals surface area contributed by atoms with Crippen molar-refractivity contribution in [3.05, 3.63) is 17.0 Å². The minimum Gasteiger partial charge on any atom is -0.373 e. The maximum Gasteiger partial charge on any atom is 0.258 e. The fourth-order valence-corrected chi connectivity index (χ4v) is 2.47. The lowest BCUT2D eigenvalue weighted by atomic mass is 10.1. The third-order valence-corrected chi connectivity index (χ3v) is 3.75. The number of morpholine rings is 1. The molecule has 0 bridgehead atoms. The van der Waals surface area contributed by atoms with Gasteiger partial charge in [-0.15, -0.1) is 0 Å². The Labute approximate surface area is 113 Å². The summed E-state index contributed by atoms with van der Waals surface area (Å²) in [7, 11) is 1.85. The third kappa shape index (κ3) is 2.50. The lowest BCUT2D eigenvalue weighted by Gasteiger charge is -2.37. The number of carbonyl (C=O) groups is 1. The van der Waals surface area contributed by atoms with Crippen LogP contribution in [0.4, 0.5) is 0 Å². The molecule has 0 saturated carbocycles. The van der Waals surface area contributed by atoms with Gasteiger partial charge in [-0.25, -0.2) is 0 Å². The molecule has 2 atom stereocenters. The van der Waals surface area contributed by atoms with Gasteiger partial charge < -0.3 is 15.4 Å². The Hall–Kier alpha value is -1.40. The zero-order chi connectivity index (χ0) is 14.2. The maximum absolute atomic E-state index is 12.7. The summed E-state index contributed by atoms with van der Waals surface area (Å²) in [5.74, 6) is 0.0253. The largest absolute Gasteiger partial charge is 0.373 e. The number of nitrogens with zero attached hydrogens (tertiary/aromatic N) is 3. The fourth-order valence-electron chi connectivity index (χ4n) is 2.47. The van der Waals surface area contributed by atoms with Crippen LogP contribution in [-0.2, 0) is 11.8 Å². The Bertz CT molecular complexity index is 483. The van der Waals surface area contributed by atoms with E-state index in [1.807, 2.05) is 32.7 Å². The van der Waals surface area contributed by atoms with Gasteiger partial charge in [0, 0.05) is 25.8 Å². The summed E-state index contributed by atoms with van der Waals surface area (Å²) < 4.78 is 7.33. The van der Waals surface area contributed by atoms with E-state index >= 15 is 0 Å². The molecule has 2 N–H and O–H groups in total. The number of hydrogen-bond donors (Lipinski definition) is 1. The van der Waals surface area contributed by atoms with Crippen molar-refractivity contribution in [3.8, 4) is 0 Å². The fraction of sp³-hybridized carbons (Fsp3) is 0.692. The molecule has 1 fully saturated rings. The molecule has 0 aromatic carbocycles. The molecule has 19 heavy (non-hydrogen) atoms. The van der Waals surface area contributed by atoms with Gasteiger partial charge in [0.15, 0.2) is 0 Å². The third-order valence-electron chi connectivity index (χ3n) is 3.75. The second-order valence-electron chi connectivity index (χ2n) is 5.17. The molecule has 1 amide bonds. The van der Waals surface area contributed by atoms with E-state index in [0.717, 1.165) is 11.4 Å². The molecule has 0 spiro atoms. The van der Waals surface area contributed by atoms with Crippen LogP contribution in [0.1, 0.15) is 28.7 Å². The van der Waals surface area contributed by atoms with Crippen LogP contribution in [-0.4, -0.2) is 52.4 Å². The van der Waals surface area contributed by atoms with Crippen molar-refractivity contribution in [2.75, 3.05) is 19.7 Å². The number of carbonyl (C=O) groups excluding carboxylic acids is 1. The first-order valence-corrected chi connectivity index (χ1v) is 6.58. The van der Waals surface area contributed by atoms with E-state index in [1.165, 1.54) is 0 Å². The molecule has 0 aliphatic carbocycles. The standard InChI is InChI=1S/C13H22N4O2/c1-8-7-19-11(5-14)6-17(8)13(18)12-9(2)15-16(4)10(12)3/h8,11H,5-7,14H2,1-4H3. The molecule has 1 aliphatic rings. The maximum atomic E-state index is 12.7.